The molecular weight excluding hydrogens is 375 g/mol. The molecule has 1 aliphatic heterocycles. The highest BCUT2D eigenvalue weighted by atomic mass is 35.5. The fraction of sp³-hybridized carbons (Fsp3) is 0.571. The van der Waals surface area contributed by atoms with Crippen LogP contribution >= 0.6 is 24.8 Å². The van der Waals surface area contributed by atoms with Crippen LogP contribution in [0.1, 0.15) is 12.8 Å². The molecule has 0 radical (unpaired) electrons. The summed E-state index contributed by atoms with van der Waals surface area (Å²) in [6.45, 7) is 1.01. The van der Waals surface area contributed by atoms with E-state index in [1.807, 2.05) is 25.1 Å². The van der Waals surface area contributed by atoms with Crippen LogP contribution in [0.15, 0.2) is 18.3 Å². The number of hydrogen-bond acceptors (Lipinski definition) is 6. The SMILES string of the molecule is CN(C)c1ccc(NC(=O)C2(S(C)(=O)=O)CCNCC2)nc1.Cl.Cl. The van der Waals surface area contributed by atoms with Gasteiger partial charge in [-0.05, 0) is 38.1 Å². The van der Waals surface area contributed by atoms with E-state index in [4.69, 9.17) is 0 Å². The average molecular weight is 399 g/mol. The average Bonchev–Trinajstić information content (AvgIpc) is 2.47. The van der Waals surface area contributed by atoms with E-state index in [0.717, 1.165) is 11.9 Å². The summed E-state index contributed by atoms with van der Waals surface area (Å²) < 4.78 is 23.0. The van der Waals surface area contributed by atoms with Crippen molar-refractivity contribution in [1.82, 2.24) is 10.3 Å². The first-order valence-corrected chi connectivity index (χ1v) is 9.00. The minimum atomic E-state index is -3.52. The van der Waals surface area contributed by atoms with Crippen molar-refractivity contribution in [2.24, 2.45) is 0 Å². The Bertz CT molecular complexity index is 644. The first kappa shape index (κ1) is 22.9. The molecule has 7 nitrogen and oxygen atoms in total. The predicted molar refractivity (Wildman–Crippen MR) is 101 cm³/mol. The van der Waals surface area contributed by atoms with Gasteiger partial charge in [0, 0.05) is 20.4 Å². The van der Waals surface area contributed by atoms with E-state index in [9.17, 15) is 13.2 Å². The van der Waals surface area contributed by atoms with Crippen molar-refractivity contribution >= 4 is 52.1 Å². The van der Waals surface area contributed by atoms with Crippen molar-refractivity contribution in [3.8, 4) is 0 Å². The Kier molecular flexibility index (Phi) is 8.44. The molecule has 2 N–H and O–H groups in total. The third-order valence-corrected chi connectivity index (χ3v) is 6.05. The van der Waals surface area contributed by atoms with Gasteiger partial charge in [0.05, 0.1) is 11.9 Å². The Hall–Kier alpha value is -1.09. The number of sulfone groups is 1. The van der Waals surface area contributed by atoms with E-state index < -0.39 is 20.5 Å². The zero-order valence-electron chi connectivity index (χ0n) is 13.9. The van der Waals surface area contributed by atoms with Crippen LogP contribution in [0.3, 0.4) is 0 Å². The predicted octanol–water partition coefficient (Wildman–Crippen LogP) is 1.10. The van der Waals surface area contributed by atoms with Crippen LogP contribution < -0.4 is 15.5 Å². The van der Waals surface area contributed by atoms with Crippen LogP contribution in [0.5, 0.6) is 0 Å². The Balaban J connectivity index is 0.00000264. The van der Waals surface area contributed by atoms with Crippen LogP contribution in [-0.4, -0.2) is 57.5 Å². The Morgan fingerprint density at radius 2 is 1.83 bits per heavy atom. The summed E-state index contributed by atoms with van der Waals surface area (Å²) in [5, 5.41) is 5.73. The third-order valence-electron chi connectivity index (χ3n) is 4.04. The van der Waals surface area contributed by atoms with Gasteiger partial charge in [-0.2, -0.15) is 0 Å². The Labute approximate surface area is 155 Å². The maximum atomic E-state index is 12.6. The highest BCUT2D eigenvalue weighted by Crippen LogP contribution is 2.29. The van der Waals surface area contributed by atoms with E-state index in [-0.39, 0.29) is 37.7 Å². The van der Waals surface area contributed by atoms with Crippen molar-refractivity contribution in [2.75, 3.05) is 43.7 Å². The first-order valence-electron chi connectivity index (χ1n) is 7.11. The Morgan fingerprint density at radius 1 is 1.25 bits per heavy atom. The number of amides is 1. The maximum Gasteiger partial charge on any atom is 0.247 e. The normalized spacial score (nSPS) is 16.3. The maximum absolute atomic E-state index is 12.6. The second kappa shape index (κ2) is 8.84. The molecule has 1 fully saturated rings. The summed E-state index contributed by atoms with van der Waals surface area (Å²) in [6, 6.07) is 3.49. The largest absolute Gasteiger partial charge is 0.376 e. The molecule has 0 atom stereocenters. The third kappa shape index (κ3) is 4.72. The smallest absolute Gasteiger partial charge is 0.247 e. The van der Waals surface area contributed by atoms with Gasteiger partial charge in [-0.1, -0.05) is 0 Å². The van der Waals surface area contributed by atoms with Gasteiger partial charge in [0.15, 0.2) is 14.6 Å². The van der Waals surface area contributed by atoms with Crippen molar-refractivity contribution < 1.29 is 13.2 Å². The summed E-state index contributed by atoms with van der Waals surface area (Å²) in [5.41, 5.74) is 0.901. The molecule has 1 aromatic heterocycles. The molecule has 0 unspecified atom stereocenters. The van der Waals surface area contributed by atoms with Gasteiger partial charge in [-0.15, -0.1) is 24.8 Å². The van der Waals surface area contributed by atoms with E-state index in [1.54, 1.807) is 12.3 Å². The minimum Gasteiger partial charge on any atom is -0.376 e. The molecule has 1 aromatic rings. The van der Waals surface area contributed by atoms with Crippen LogP contribution in [0.4, 0.5) is 11.5 Å². The number of carbonyl (C=O) groups is 1. The molecule has 0 spiro atoms. The monoisotopic (exact) mass is 398 g/mol. The van der Waals surface area contributed by atoms with Crippen molar-refractivity contribution in [3.05, 3.63) is 18.3 Å². The van der Waals surface area contributed by atoms with Gasteiger partial charge in [0.25, 0.3) is 0 Å². The summed E-state index contributed by atoms with van der Waals surface area (Å²) in [5.74, 6) is -0.140. The molecule has 10 heteroatoms. The number of anilines is 2. The van der Waals surface area contributed by atoms with E-state index in [2.05, 4.69) is 15.6 Å². The van der Waals surface area contributed by atoms with Gasteiger partial charge in [0.2, 0.25) is 5.91 Å². The van der Waals surface area contributed by atoms with Gasteiger partial charge >= 0.3 is 0 Å². The number of piperidine rings is 1. The van der Waals surface area contributed by atoms with Crippen LogP contribution in [0, 0.1) is 0 Å². The van der Waals surface area contributed by atoms with E-state index in [1.165, 1.54) is 0 Å². The van der Waals surface area contributed by atoms with E-state index >= 15 is 0 Å². The number of carbonyl (C=O) groups excluding carboxylic acids is 1. The van der Waals surface area contributed by atoms with Crippen LogP contribution in [0.2, 0.25) is 0 Å². The summed E-state index contributed by atoms with van der Waals surface area (Å²) in [4.78, 5) is 18.6. The topological polar surface area (TPSA) is 91.4 Å². The quantitative estimate of drug-likeness (QED) is 0.788. The number of halogens is 2. The van der Waals surface area contributed by atoms with Gasteiger partial charge < -0.3 is 15.5 Å². The number of rotatable bonds is 4. The first-order chi connectivity index (χ1) is 10.3. The number of nitrogens with zero attached hydrogens (tertiary/aromatic N) is 2. The number of hydrogen-bond donors (Lipinski definition) is 2. The van der Waals surface area contributed by atoms with Crippen molar-refractivity contribution in [2.45, 2.75) is 17.6 Å². The molecule has 0 aliphatic carbocycles. The lowest BCUT2D eigenvalue weighted by Crippen LogP contribution is -2.55. The number of aromatic nitrogens is 1. The lowest BCUT2D eigenvalue weighted by molar-refractivity contribution is -0.119. The minimum absolute atomic E-state index is 0. The van der Waals surface area contributed by atoms with Crippen molar-refractivity contribution in [1.29, 1.82) is 0 Å². The highest BCUT2D eigenvalue weighted by Gasteiger charge is 2.48. The van der Waals surface area contributed by atoms with Crippen molar-refractivity contribution in [3.63, 3.8) is 0 Å². The molecular formula is C14H24Cl2N4O3S. The summed E-state index contributed by atoms with van der Waals surface area (Å²) in [6.07, 6.45) is 3.30. The zero-order valence-corrected chi connectivity index (χ0v) is 16.4. The van der Waals surface area contributed by atoms with Crippen LogP contribution in [0.25, 0.3) is 0 Å². The molecule has 1 aliphatic rings. The summed E-state index contributed by atoms with van der Waals surface area (Å²) >= 11 is 0. The molecule has 0 saturated carbocycles. The number of pyridine rings is 1. The lowest BCUT2D eigenvalue weighted by Gasteiger charge is -2.34. The molecule has 24 heavy (non-hydrogen) atoms. The Morgan fingerprint density at radius 3 is 2.25 bits per heavy atom. The fourth-order valence-electron chi connectivity index (χ4n) is 2.55. The molecule has 0 aromatic carbocycles. The number of nitrogens with one attached hydrogen (secondary N) is 2. The van der Waals surface area contributed by atoms with Gasteiger partial charge in [-0.25, -0.2) is 13.4 Å². The van der Waals surface area contributed by atoms with Gasteiger partial charge in [-0.3, -0.25) is 4.79 Å². The molecule has 0 bridgehead atoms. The fourth-order valence-corrected chi connectivity index (χ4v) is 3.89. The molecule has 1 amide bonds. The summed E-state index contributed by atoms with van der Waals surface area (Å²) in [7, 11) is 0.267. The van der Waals surface area contributed by atoms with E-state index in [0.29, 0.717) is 18.9 Å². The van der Waals surface area contributed by atoms with Gasteiger partial charge in [0.1, 0.15) is 5.82 Å². The molecule has 2 rings (SSSR count). The second-order valence-electron chi connectivity index (χ2n) is 5.77. The highest BCUT2D eigenvalue weighted by molar-refractivity contribution is 7.92. The standard InChI is InChI=1S/C14H22N4O3S.2ClH/c1-18(2)11-4-5-12(16-10-11)17-13(19)14(22(3,20)21)6-8-15-9-7-14;;/h4-5,10,15H,6-9H2,1-3H3,(H,16,17,19);2*1H. The molecule has 2 heterocycles. The molecule has 1 saturated heterocycles. The molecule has 138 valence electrons. The lowest BCUT2D eigenvalue weighted by atomic mass is 9.96. The van der Waals surface area contributed by atoms with Crippen LogP contribution in [-0.2, 0) is 14.6 Å². The second-order valence-corrected chi connectivity index (χ2v) is 8.09. The zero-order chi connectivity index (χ0) is 16.4.